The second-order valence-corrected chi connectivity index (χ2v) is 5.53. The van der Waals surface area contributed by atoms with Crippen LogP contribution in [0, 0.1) is 0 Å². The standard InChI is InChI=1S/C19H19N3O/c1-14(20)11-15-7-9-17(10-8-15)23-19-12-18(21-13-22-19)16-5-3-2-4-6-16/h2-10,12-14H,11,20H2,1H3. The van der Waals surface area contributed by atoms with Gasteiger partial charge in [-0.05, 0) is 31.0 Å². The van der Waals surface area contributed by atoms with Crippen molar-refractivity contribution in [1.29, 1.82) is 0 Å². The van der Waals surface area contributed by atoms with E-state index in [-0.39, 0.29) is 6.04 Å². The zero-order valence-corrected chi connectivity index (χ0v) is 13.0. The van der Waals surface area contributed by atoms with E-state index in [1.165, 1.54) is 11.9 Å². The zero-order chi connectivity index (χ0) is 16.1. The molecular weight excluding hydrogens is 286 g/mol. The first kappa shape index (κ1) is 15.2. The molecule has 0 aliphatic rings. The van der Waals surface area contributed by atoms with E-state index in [9.17, 15) is 0 Å². The third kappa shape index (κ3) is 4.14. The maximum atomic E-state index is 5.82. The van der Waals surface area contributed by atoms with Gasteiger partial charge in [0.15, 0.2) is 0 Å². The molecule has 3 aromatic rings. The van der Waals surface area contributed by atoms with Gasteiger partial charge in [-0.25, -0.2) is 9.97 Å². The molecule has 0 bridgehead atoms. The van der Waals surface area contributed by atoms with E-state index in [4.69, 9.17) is 10.5 Å². The molecule has 0 spiro atoms. The van der Waals surface area contributed by atoms with Crippen molar-refractivity contribution < 1.29 is 4.74 Å². The quantitative estimate of drug-likeness (QED) is 0.778. The number of hydrogen-bond acceptors (Lipinski definition) is 4. The molecule has 0 aliphatic heterocycles. The largest absolute Gasteiger partial charge is 0.439 e. The van der Waals surface area contributed by atoms with Crippen molar-refractivity contribution in [3.8, 4) is 22.9 Å². The van der Waals surface area contributed by atoms with Crippen LogP contribution in [0.5, 0.6) is 11.6 Å². The number of aromatic nitrogens is 2. The summed E-state index contributed by atoms with van der Waals surface area (Å²) in [5, 5.41) is 0. The summed E-state index contributed by atoms with van der Waals surface area (Å²) in [6.45, 7) is 2.00. The number of ether oxygens (including phenoxy) is 1. The summed E-state index contributed by atoms with van der Waals surface area (Å²) in [4.78, 5) is 8.47. The van der Waals surface area contributed by atoms with Crippen LogP contribution >= 0.6 is 0 Å². The first-order valence-corrected chi connectivity index (χ1v) is 7.60. The van der Waals surface area contributed by atoms with Crippen molar-refractivity contribution in [3.63, 3.8) is 0 Å². The van der Waals surface area contributed by atoms with E-state index in [1.54, 1.807) is 0 Å². The molecule has 0 fully saturated rings. The van der Waals surface area contributed by atoms with Crippen molar-refractivity contribution in [2.75, 3.05) is 0 Å². The number of benzene rings is 2. The van der Waals surface area contributed by atoms with E-state index in [2.05, 4.69) is 9.97 Å². The molecule has 116 valence electrons. The highest BCUT2D eigenvalue weighted by Gasteiger charge is 2.04. The Hall–Kier alpha value is -2.72. The van der Waals surface area contributed by atoms with Gasteiger partial charge in [0.2, 0.25) is 5.88 Å². The summed E-state index contributed by atoms with van der Waals surface area (Å²) in [6.07, 6.45) is 2.37. The van der Waals surface area contributed by atoms with Gasteiger partial charge in [-0.1, -0.05) is 42.5 Å². The van der Waals surface area contributed by atoms with Crippen molar-refractivity contribution >= 4 is 0 Å². The molecule has 0 amide bonds. The highest BCUT2D eigenvalue weighted by Crippen LogP contribution is 2.24. The third-order valence-electron chi connectivity index (χ3n) is 3.41. The summed E-state index contributed by atoms with van der Waals surface area (Å²) in [5.74, 6) is 1.27. The maximum absolute atomic E-state index is 5.82. The van der Waals surface area contributed by atoms with Crippen molar-refractivity contribution in [3.05, 3.63) is 72.6 Å². The SMILES string of the molecule is CC(N)Cc1ccc(Oc2cc(-c3ccccc3)ncn2)cc1. The average molecular weight is 305 g/mol. The van der Waals surface area contributed by atoms with Gasteiger partial charge in [0.05, 0.1) is 5.69 Å². The van der Waals surface area contributed by atoms with Gasteiger partial charge in [0, 0.05) is 17.7 Å². The van der Waals surface area contributed by atoms with Gasteiger partial charge in [-0.2, -0.15) is 0 Å². The van der Waals surface area contributed by atoms with Crippen LogP contribution in [0.15, 0.2) is 67.0 Å². The molecule has 4 nitrogen and oxygen atoms in total. The van der Waals surface area contributed by atoms with E-state index < -0.39 is 0 Å². The topological polar surface area (TPSA) is 61.0 Å². The van der Waals surface area contributed by atoms with E-state index in [0.29, 0.717) is 5.88 Å². The highest BCUT2D eigenvalue weighted by molar-refractivity contribution is 5.59. The minimum atomic E-state index is 0.150. The molecule has 4 heteroatoms. The Bertz CT molecular complexity index is 755. The number of nitrogens with two attached hydrogens (primary N) is 1. The Kier molecular flexibility index (Phi) is 4.64. The van der Waals surface area contributed by atoms with Crippen LogP contribution in [-0.4, -0.2) is 16.0 Å². The predicted octanol–water partition coefficient (Wildman–Crippen LogP) is 3.83. The Balaban J connectivity index is 1.75. The van der Waals surface area contributed by atoms with E-state index in [1.807, 2.05) is 67.6 Å². The second-order valence-electron chi connectivity index (χ2n) is 5.53. The molecular formula is C19H19N3O. The van der Waals surface area contributed by atoms with Crippen molar-refractivity contribution in [2.24, 2.45) is 5.73 Å². The number of rotatable bonds is 5. The van der Waals surface area contributed by atoms with Crippen LogP contribution in [-0.2, 0) is 6.42 Å². The van der Waals surface area contributed by atoms with Crippen LogP contribution in [0.1, 0.15) is 12.5 Å². The molecule has 1 heterocycles. The Labute approximate surface area is 136 Å². The second kappa shape index (κ2) is 7.03. The molecule has 0 saturated heterocycles. The van der Waals surface area contributed by atoms with Crippen LogP contribution in [0.3, 0.4) is 0 Å². The highest BCUT2D eigenvalue weighted by atomic mass is 16.5. The Morgan fingerprint density at radius 2 is 1.74 bits per heavy atom. The fourth-order valence-corrected chi connectivity index (χ4v) is 2.35. The summed E-state index contributed by atoms with van der Waals surface area (Å²) in [6, 6.07) is 19.9. The average Bonchev–Trinajstić information content (AvgIpc) is 2.57. The lowest BCUT2D eigenvalue weighted by Gasteiger charge is -2.08. The minimum Gasteiger partial charge on any atom is -0.439 e. The lowest BCUT2D eigenvalue weighted by molar-refractivity contribution is 0.461. The first-order valence-electron chi connectivity index (χ1n) is 7.60. The normalized spacial score (nSPS) is 11.9. The van der Waals surface area contributed by atoms with Crippen molar-refractivity contribution in [1.82, 2.24) is 9.97 Å². The van der Waals surface area contributed by atoms with Crippen LogP contribution in [0.4, 0.5) is 0 Å². The summed E-state index contributed by atoms with van der Waals surface area (Å²) < 4.78 is 5.82. The molecule has 0 aliphatic carbocycles. The van der Waals surface area contributed by atoms with Gasteiger partial charge < -0.3 is 10.5 Å². The fourth-order valence-electron chi connectivity index (χ4n) is 2.35. The molecule has 2 N–H and O–H groups in total. The summed E-state index contributed by atoms with van der Waals surface area (Å²) in [5.41, 5.74) is 8.88. The van der Waals surface area contributed by atoms with Gasteiger partial charge in [-0.15, -0.1) is 0 Å². The molecule has 1 atom stereocenters. The lowest BCUT2D eigenvalue weighted by Crippen LogP contribution is -2.17. The third-order valence-corrected chi connectivity index (χ3v) is 3.41. The van der Waals surface area contributed by atoms with Crippen molar-refractivity contribution in [2.45, 2.75) is 19.4 Å². The number of nitrogens with zero attached hydrogens (tertiary/aromatic N) is 2. The molecule has 23 heavy (non-hydrogen) atoms. The number of hydrogen-bond donors (Lipinski definition) is 1. The fraction of sp³-hybridized carbons (Fsp3) is 0.158. The van der Waals surface area contributed by atoms with Gasteiger partial charge in [0.25, 0.3) is 0 Å². The van der Waals surface area contributed by atoms with Gasteiger partial charge in [-0.3, -0.25) is 0 Å². The minimum absolute atomic E-state index is 0.150. The molecule has 1 unspecified atom stereocenters. The van der Waals surface area contributed by atoms with E-state index >= 15 is 0 Å². The van der Waals surface area contributed by atoms with Crippen LogP contribution in [0.2, 0.25) is 0 Å². The first-order chi connectivity index (χ1) is 11.2. The van der Waals surface area contributed by atoms with Gasteiger partial charge in [0.1, 0.15) is 12.1 Å². The smallest absolute Gasteiger partial charge is 0.222 e. The summed E-state index contributed by atoms with van der Waals surface area (Å²) >= 11 is 0. The lowest BCUT2D eigenvalue weighted by atomic mass is 10.1. The summed E-state index contributed by atoms with van der Waals surface area (Å²) in [7, 11) is 0. The molecule has 0 radical (unpaired) electrons. The predicted molar refractivity (Wildman–Crippen MR) is 91.3 cm³/mol. The van der Waals surface area contributed by atoms with Gasteiger partial charge >= 0.3 is 0 Å². The Morgan fingerprint density at radius 3 is 2.43 bits per heavy atom. The molecule has 0 saturated carbocycles. The zero-order valence-electron chi connectivity index (χ0n) is 13.0. The Morgan fingerprint density at radius 1 is 1.00 bits per heavy atom. The maximum Gasteiger partial charge on any atom is 0.222 e. The monoisotopic (exact) mass is 305 g/mol. The van der Waals surface area contributed by atoms with Crippen LogP contribution in [0.25, 0.3) is 11.3 Å². The molecule has 3 rings (SSSR count). The molecule has 1 aromatic heterocycles. The van der Waals surface area contributed by atoms with E-state index in [0.717, 1.165) is 23.4 Å². The van der Waals surface area contributed by atoms with Crippen LogP contribution < -0.4 is 10.5 Å². The molecule has 2 aromatic carbocycles.